The van der Waals surface area contributed by atoms with Crippen LogP contribution in [-0.4, -0.2) is 17.9 Å². The summed E-state index contributed by atoms with van der Waals surface area (Å²) in [6.07, 6.45) is 6.29. The van der Waals surface area contributed by atoms with Crippen molar-refractivity contribution in [1.29, 1.82) is 10.5 Å². The highest BCUT2D eigenvalue weighted by molar-refractivity contribution is 7.10. The zero-order chi connectivity index (χ0) is 23.9. The number of carbonyl (C=O) groups is 1. The van der Waals surface area contributed by atoms with Crippen molar-refractivity contribution >= 4 is 28.9 Å². The van der Waals surface area contributed by atoms with Crippen LogP contribution in [0, 0.1) is 34.5 Å². The fraction of sp³-hybridized carbons (Fsp3) is 0.233. The fourth-order valence-corrected chi connectivity index (χ4v) is 6.88. The lowest BCUT2D eigenvalue weighted by Gasteiger charge is -2.35. The van der Waals surface area contributed by atoms with E-state index in [1.807, 2.05) is 53.9 Å². The van der Waals surface area contributed by atoms with Crippen molar-refractivity contribution in [1.82, 2.24) is 0 Å². The van der Waals surface area contributed by atoms with E-state index in [0.29, 0.717) is 5.56 Å². The average Bonchev–Trinajstić information content (AvgIpc) is 3.48. The van der Waals surface area contributed by atoms with Gasteiger partial charge in [-0.15, -0.1) is 11.3 Å². The number of fused-ring (bicyclic) bond motifs is 3. The molecule has 2 fully saturated rings. The molecule has 170 valence electrons. The second kappa shape index (κ2) is 8.69. The molecule has 3 aliphatic rings. The molecule has 0 radical (unpaired) electrons. The number of carbonyl (C=O) groups excluding carboxylic acids is 1. The van der Waals surface area contributed by atoms with Crippen LogP contribution >= 0.6 is 11.3 Å². The standard InChI is InChI=1S/C30H23N3OS/c31-17-22(18-32)26(20-12-13-20)27-24-15-14-19-7-4-5-10-23(19)33(24)29(28(27)25-11-6-16-35-25)30(34)21-8-2-1-3-9-21/h1-11,14-16,20,24,27-29H,12-13H2/t24-,27+,28+,29+/m0/s1. The van der Waals surface area contributed by atoms with Gasteiger partial charge >= 0.3 is 0 Å². The molecule has 6 rings (SSSR count). The van der Waals surface area contributed by atoms with Crippen LogP contribution < -0.4 is 4.90 Å². The third-order valence-corrected chi connectivity index (χ3v) is 8.46. The number of para-hydroxylation sites is 1. The van der Waals surface area contributed by atoms with Gasteiger partial charge in [-0.25, -0.2) is 0 Å². The number of benzene rings is 2. The summed E-state index contributed by atoms with van der Waals surface area (Å²) in [5.74, 6) is 0.0236. The maximum atomic E-state index is 14.3. The van der Waals surface area contributed by atoms with E-state index < -0.39 is 6.04 Å². The normalized spacial score (nSPS) is 24.1. The summed E-state index contributed by atoms with van der Waals surface area (Å²) in [7, 11) is 0. The number of Topliss-reactive ketones (excluding diaryl/α,β-unsaturated/α-hetero) is 1. The molecule has 4 atom stereocenters. The Morgan fingerprint density at radius 1 is 0.943 bits per heavy atom. The van der Waals surface area contributed by atoms with Gasteiger partial charge in [-0.05, 0) is 47.4 Å². The molecule has 1 aliphatic carbocycles. The van der Waals surface area contributed by atoms with E-state index in [1.165, 1.54) is 0 Å². The van der Waals surface area contributed by atoms with Crippen molar-refractivity contribution in [3.63, 3.8) is 0 Å². The van der Waals surface area contributed by atoms with Crippen LogP contribution in [0.25, 0.3) is 6.08 Å². The maximum Gasteiger partial charge on any atom is 0.185 e. The van der Waals surface area contributed by atoms with Gasteiger partial charge < -0.3 is 4.90 Å². The number of nitrogens with zero attached hydrogens (tertiary/aromatic N) is 3. The van der Waals surface area contributed by atoms with Crippen molar-refractivity contribution in [2.24, 2.45) is 11.8 Å². The quantitative estimate of drug-likeness (QED) is 0.319. The molecular formula is C30H23N3OS. The molecule has 0 bridgehead atoms. The predicted octanol–water partition coefficient (Wildman–Crippen LogP) is 6.37. The van der Waals surface area contributed by atoms with Gasteiger partial charge in [0.2, 0.25) is 0 Å². The van der Waals surface area contributed by atoms with Crippen molar-refractivity contribution in [3.8, 4) is 12.1 Å². The third kappa shape index (κ3) is 3.52. The molecule has 1 saturated carbocycles. The van der Waals surface area contributed by atoms with Crippen LogP contribution in [0.4, 0.5) is 5.69 Å². The highest BCUT2D eigenvalue weighted by atomic mass is 32.1. The Morgan fingerprint density at radius 2 is 1.69 bits per heavy atom. The van der Waals surface area contributed by atoms with Crippen LogP contribution in [0.3, 0.4) is 0 Å². The number of thiophene rings is 1. The minimum absolute atomic E-state index is 0.0761. The van der Waals surface area contributed by atoms with Crippen molar-refractivity contribution in [2.45, 2.75) is 30.8 Å². The van der Waals surface area contributed by atoms with Gasteiger partial charge in [0.05, 0.1) is 6.04 Å². The van der Waals surface area contributed by atoms with Gasteiger partial charge in [0.25, 0.3) is 0 Å². The molecule has 0 spiro atoms. The lowest BCUT2D eigenvalue weighted by atomic mass is 9.75. The molecule has 35 heavy (non-hydrogen) atoms. The summed E-state index contributed by atoms with van der Waals surface area (Å²) in [6.45, 7) is 0. The first-order valence-corrected chi connectivity index (χ1v) is 12.8. The Bertz CT molecular complexity index is 1400. The lowest BCUT2D eigenvalue weighted by Crippen LogP contribution is -2.43. The molecular weight excluding hydrogens is 450 g/mol. The van der Waals surface area contributed by atoms with Crippen LogP contribution in [0.1, 0.15) is 39.6 Å². The number of nitriles is 2. The van der Waals surface area contributed by atoms with Gasteiger partial charge in [0, 0.05) is 28.0 Å². The lowest BCUT2D eigenvalue weighted by molar-refractivity contribution is 0.0953. The summed E-state index contributed by atoms with van der Waals surface area (Å²) >= 11 is 1.65. The van der Waals surface area contributed by atoms with Gasteiger partial charge in [-0.2, -0.15) is 10.5 Å². The zero-order valence-electron chi connectivity index (χ0n) is 19.0. The van der Waals surface area contributed by atoms with E-state index in [0.717, 1.165) is 34.5 Å². The molecule has 3 heterocycles. The average molecular weight is 474 g/mol. The van der Waals surface area contributed by atoms with E-state index in [2.05, 4.69) is 47.4 Å². The molecule has 5 heteroatoms. The number of hydrogen-bond donors (Lipinski definition) is 0. The summed E-state index contributed by atoms with van der Waals surface area (Å²) in [6, 6.07) is 25.7. The van der Waals surface area contributed by atoms with Crippen molar-refractivity contribution in [3.05, 3.63) is 105 Å². The molecule has 1 saturated heterocycles. The first-order valence-electron chi connectivity index (χ1n) is 12.0. The minimum atomic E-state index is -0.440. The topological polar surface area (TPSA) is 67.9 Å². The van der Waals surface area contributed by atoms with E-state index in [9.17, 15) is 15.3 Å². The fourth-order valence-electron chi connectivity index (χ4n) is 5.97. The van der Waals surface area contributed by atoms with Gasteiger partial charge in [-0.3, -0.25) is 4.79 Å². The number of ketones is 1. The SMILES string of the molecule is N#CC(C#N)=C(C1CC1)[C@@H]1[C@@H](c2cccs2)[C@H](C(=O)c2ccccc2)N2c3ccccc3C=C[C@@H]12. The molecule has 3 aromatic rings. The van der Waals surface area contributed by atoms with Crippen LogP contribution in [0.2, 0.25) is 0 Å². The summed E-state index contributed by atoms with van der Waals surface area (Å²) in [5.41, 5.74) is 3.96. The van der Waals surface area contributed by atoms with Crippen LogP contribution in [0.5, 0.6) is 0 Å². The second-order valence-corrected chi connectivity index (χ2v) is 10.4. The first kappa shape index (κ1) is 21.6. The number of anilines is 1. The van der Waals surface area contributed by atoms with Crippen molar-refractivity contribution in [2.75, 3.05) is 4.90 Å². The second-order valence-electron chi connectivity index (χ2n) is 9.39. The minimum Gasteiger partial charge on any atom is -0.353 e. The molecule has 1 aromatic heterocycles. The number of hydrogen-bond acceptors (Lipinski definition) is 5. The smallest absolute Gasteiger partial charge is 0.185 e. The maximum absolute atomic E-state index is 14.3. The zero-order valence-corrected chi connectivity index (χ0v) is 19.9. The molecule has 2 aromatic carbocycles. The van der Waals surface area contributed by atoms with E-state index in [-0.39, 0.29) is 35.2 Å². The highest BCUT2D eigenvalue weighted by Gasteiger charge is 2.56. The Labute approximate surface area is 209 Å². The molecule has 4 nitrogen and oxygen atoms in total. The molecule has 0 N–H and O–H groups in total. The van der Waals surface area contributed by atoms with E-state index in [4.69, 9.17) is 0 Å². The summed E-state index contributed by atoms with van der Waals surface area (Å²) in [4.78, 5) is 17.7. The molecule has 0 amide bonds. The van der Waals surface area contributed by atoms with Gasteiger partial charge in [-0.1, -0.05) is 66.7 Å². The molecule has 2 aliphatic heterocycles. The Balaban J connectivity index is 1.61. The predicted molar refractivity (Wildman–Crippen MR) is 138 cm³/mol. The monoisotopic (exact) mass is 473 g/mol. The van der Waals surface area contributed by atoms with Gasteiger partial charge in [0.1, 0.15) is 23.8 Å². The van der Waals surface area contributed by atoms with Crippen LogP contribution in [0.15, 0.2) is 89.3 Å². The third-order valence-electron chi connectivity index (χ3n) is 7.49. The van der Waals surface area contributed by atoms with E-state index in [1.54, 1.807) is 11.3 Å². The Hall–Kier alpha value is -3.93. The highest BCUT2D eigenvalue weighted by Crippen LogP contribution is 2.56. The van der Waals surface area contributed by atoms with E-state index >= 15 is 0 Å². The van der Waals surface area contributed by atoms with Crippen LogP contribution in [-0.2, 0) is 0 Å². The Morgan fingerprint density at radius 3 is 2.37 bits per heavy atom. The number of rotatable bonds is 5. The first-order chi connectivity index (χ1) is 17.2. The summed E-state index contributed by atoms with van der Waals surface area (Å²) in [5, 5.41) is 21.9. The largest absolute Gasteiger partial charge is 0.353 e. The number of allylic oxidation sites excluding steroid dienone is 1. The Kier molecular flexibility index (Phi) is 5.36. The molecule has 0 unspecified atom stereocenters. The van der Waals surface area contributed by atoms with Crippen molar-refractivity contribution < 1.29 is 4.79 Å². The summed E-state index contributed by atoms with van der Waals surface area (Å²) < 4.78 is 0. The van der Waals surface area contributed by atoms with Gasteiger partial charge in [0.15, 0.2) is 5.78 Å².